The van der Waals surface area contributed by atoms with Gasteiger partial charge in [-0.1, -0.05) is 25.3 Å². The lowest BCUT2D eigenvalue weighted by molar-refractivity contribution is 0.0755. The lowest BCUT2D eigenvalue weighted by Gasteiger charge is -2.27. The van der Waals surface area contributed by atoms with Crippen molar-refractivity contribution in [2.75, 3.05) is 0 Å². The van der Waals surface area contributed by atoms with Gasteiger partial charge >= 0.3 is 0 Å². The van der Waals surface area contributed by atoms with Gasteiger partial charge in [0.15, 0.2) is 0 Å². The third-order valence-electron chi connectivity index (χ3n) is 6.46. The van der Waals surface area contributed by atoms with E-state index in [4.69, 9.17) is 5.14 Å². The van der Waals surface area contributed by atoms with Gasteiger partial charge in [-0.2, -0.15) is 0 Å². The van der Waals surface area contributed by atoms with Crippen LogP contribution in [0.3, 0.4) is 0 Å². The largest absolute Gasteiger partial charge is 0.386 e. The number of aliphatic hydroxyl groups is 1. The van der Waals surface area contributed by atoms with Crippen LogP contribution < -0.4 is 9.86 Å². The maximum Gasteiger partial charge on any atom is 0.241 e. The summed E-state index contributed by atoms with van der Waals surface area (Å²) in [6.07, 6.45) is 5.67. The molecule has 1 fully saturated rings. The fourth-order valence-electron chi connectivity index (χ4n) is 4.87. The molecule has 10 heteroatoms. The summed E-state index contributed by atoms with van der Waals surface area (Å²) in [5.74, 6) is 0.423. The number of nitrogens with one attached hydrogen (secondary N) is 1. The first-order chi connectivity index (χ1) is 15.9. The van der Waals surface area contributed by atoms with Crippen LogP contribution in [0.5, 0.6) is 0 Å². The molecule has 0 bridgehead atoms. The molecule has 1 heterocycles. The standard InChI is InChI=1S/C25H39N3O5S2/c1-17-23(34(26,30)31)15-21(28(17)16-18-10-8-7-9-11-18)19-12-13-22(20(14-19)25(5,6)29)35(32,33)27-24(2,3)4/h12-15,18,27,29H,7-11,16H2,1-6H3,(H2,26,30,31). The summed E-state index contributed by atoms with van der Waals surface area (Å²) in [6, 6.07) is 6.32. The Hall–Kier alpha value is -1.72. The fraction of sp³-hybridized carbons (Fsp3) is 0.600. The molecule has 3 rings (SSSR count). The van der Waals surface area contributed by atoms with Crippen LogP contribution in [0.1, 0.15) is 78.0 Å². The summed E-state index contributed by atoms with van der Waals surface area (Å²) in [4.78, 5) is 0.0386. The van der Waals surface area contributed by atoms with E-state index in [0.29, 0.717) is 29.4 Å². The highest BCUT2D eigenvalue weighted by molar-refractivity contribution is 7.89. The topological polar surface area (TPSA) is 131 Å². The normalized spacial score (nSPS) is 16.6. The van der Waals surface area contributed by atoms with Gasteiger partial charge in [-0.15, -0.1) is 0 Å². The minimum atomic E-state index is -3.95. The smallest absolute Gasteiger partial charge is 0.241 e. The summed E-state index contributed by atoms with van der Waals surface area (Å²) in [7, 11) is -7.87. The molecule has 1 aromatic heterocycles. The molecule has 0 aliphatic heterocycles. The lowest BCUT2D eigenvalue weighted by Crippen LogP contribution is -2.41. The predicted molar refractivity (Wildman–Crippen MR) is 138 cm³/mol. The first-order valence-corrected chi connectivity index (χ1v) is 15.1. The van der Waals surface area contributed by atoms with E-state index in [0.717, 1.165) is 25.7 Å². The Bertz CT molecular complexity index is 1290. The number of hydrogen-bond donors (Lipinski definition) is 3. The number of sulfonamides is 2. The molecule has 2 aromatic rings. The molecule has 0 amide bonds. The molecule has 0 atom stereocenters. The molecule has 0 spiro atoms. The van der Waals surface area contributed by atoms with E-state index in [-0.39, 0.29) is 15.4 Å². The number of primary sulfonamides is 1. The van der Waals surface area contributed by atoms with Crippen LogP contribution in [-0.4, -0.2) is 32.0 Å². The Kier molecular flexibility index (Phi) is 7.66. The maximum absolute atomic E-state index is 13.2. The fourth-order valence-corrected chi connectivity index (χ4v) is 7.43. The van der Waals surface area contributed by atoms with E-state index in [1.165, 1.54) is 26.3 Å². The Morgan fingerprint density at radius 3 is 2.11 bits per heavy atom. The number of rotatable bonds is 7. The Balaban J connectivity index is 2.20. The second-order valence-corrected chi connectivity index (χ2v) is 14.4. The monoisotopic (exact) mass is 525 g/mol. The van der Waals surface area contributed by atoms with Crippen molar-refractivity contribution in [1.82, 2.24) is 9.29 Å². The molecule has 196 valence electrons. The predicted octanol–water partition coefficient (Wildman–Crippen LogP) is 4.00. The van der Waals surface area contributed by atoms with E-state index >= 15 is 0 Å². The van der Waals surface area contributed by atoms with E-state index < -0.39 is 31.2 Å². The number of hydrogen-bond acceptors (Lipinski definition) is 5. The highest BCUT2D eigenvalue weighted by atomic mass is 32.2. The van der Waals surface area contributed by atoms with Gasteiger partial charge in [0, 0.05) is 29.0 Å². The molecule has 1 aromatic carbocycles. The lowest BCUT2D eigenvalue weighted by atomic mass is 9.89. The average molecular weight is 526 g/mol. The van der Waals surface area contributed by atoms with Gasteiger partial charge in [0.1, 0.15) is 4.90 Å². The van der Waals surface area contributed by atoms with Crippen LogP contribution >= 0.6 is 0 Å². The van der Waals surface area contributed by atoms with E-state index in [2.05, 4.69) is 4.72 Å². The SMILES string of the molecule is Cc1c(S(N)(=O)=O)cc(-c2ccc(S(=O)(=O)NC(C)(C)C)c(C(C)(C)O)c2)n1CC1CCCCC1. The number of aromatic nitrogens is 1. The molecule has 8 nitrogen and oxygen atoms in total. The molecule has 4 N–H and O–H groups in total. The van der Waals surface area contributed by atoms with Crippen molar-refractivity contribution in [3.8, 4) is 11.3 Å². The third-order valence-corrected chi connectivity index (χ3v) is 9.30. The minimum Gasteiger partial charge on any atom is -0.386 e. The zero-order valence-electron chi connectivity index (χ0n) is 21.6. The zero-order chi connectivity index (χ0) is 26.4. The van der Waals surface area contributed by atoms with Gasteiger partial charge in [-0.05, 0) is 84.1 Å². The maximum atomic E-state index is 13.2. The van der Waals surface area contributed by atoms with Crippen molar-refractivity contribution in [2.45, 2.75) is 101 Å². The van der Waals surface area contributed by atoms with Crippen LogP contribution in [0.4, 0.5) is 0 Å². The van der Waals surface area contributed by atoms with Crippen LogP contribution in [0.15, 0.2) is 34.1 Å². The zero-order valence-corrected chi connectivity index (χ0v) is 23.2. The van der Waals surface area contributed by atoms with Crippen LogP contribution in [0.2, 0.25) is 0 Å². The van der Waals surface area contributed by atoms with Crippen molar-refractivity contribution in [1.29, 1.82) is 0 Å². The van der Waals surface area contributed by atoms with E-state index in [1.807, 2.05) is 4.57 Å². The van der Waals surface area contributed by atoms with E-state index in [1.54, 1.807) is 45.9 Å². The van der Waals surface area contributed by atoms with Crippen LogP contribution in [-0.2, 0) is 32.2 Å². The highest BCUT2D eigenvalue weighted by Crippen LogP contribution is 2.36. The second kappa shape index (κ2) is 9.63. The first-order valence-electron chi connectivity index (χ1n) is 12.0. The van der Waals surface area contributed by atoms with Gasteiger partial charge in [-0.25, -0.2) is 26.7 Å². The minimum absolute atomic E-state index is 0.0162. The average Bonchev–Trinajstić information content (AvgIpc) is 3.02. The molecule has 35 heavy (non-hydrogen) atoms. The van der Waals surface area contributed by atoms with Crippen molar-refractivity contribution in [2.24, 2.45) is 11.1 Å². The quantitative estimate of drug-likeness (QED) is 0.503. The van der Waals surface area contributed by atoms with E-state index in [9.17, 15) is 21.9 Å². The Morgan fingerprint density at radius 1 is 1.00 bits per heavy atom. The molecule has 0 radical (unpaired) electrons. The molecular weight excluding hydrogens is 486 g/mol. The van der Waals surface area contributed by atoms with Crippen LogP contribution in [0, 0.1) is 12.8 Å². The molecule has 1 aliphatic rings. The summed E-state index contributed by atoms with van der Waals surface area (Å²) in [5.41, 5.74) is -0.127. The molecule has 0 unspecified atom stereocenters. The molecule has 1 aliphatic carbocycles. The molecule has 1 saturated carbocycles. The van der Waals surface area contributed by atoms with Gasteiger partial charge in [0.25, 0.3) is 0 Å². The molecule has 0 saturated heterocycles. The summed E-state index contributed by atoms with van der Waals surface area (Å²) in [6.45, 7) is 10.7. The Labute approximate surface area is 210 Å². The van der Waals surface area contributed by atoms with Gasteiger partial charge < -0.3 is 9.67 Å². The van der Waals surface area contributed by atoms with Crippen molar-refractivity contribution in [3.63, 3.8) is 0 Å². The van der Waals surface area contributed by atoms with Crippen molar-refractivity contribution in [3.05, 3.63) is 35.5 Å². The Morgan fingerprint density at radius 2 is 1.60 bits per heavy atom. The number of nitrogens with zero attached hydrogens (tertiary/aromatic N) is 1. The van der Waals surface area contributed by atoms with Gasteiger partial charge in [0.05, 0.1) is 10.5 Å². The highest BCUT2D eigenvalue weighted by Gasteiger charge is 2.31. The number of nitrogens with two attached hydrogens (primary N) is 1. The summed E-state index contributed by atoms with van der Waals surface area (Å²) in [5, 5.41) is 16.4. The van der Waals surface area contributed by atoms with Gasteiger partial charge in [-0.3, -0.25) is 0 Å². The first kappa shape index (κ1) is 27.9. The summed E-state index contributed by atoms with van der Waals surface area (Å²) < 4.78 is 55.6. The van der Waals surface area contributed by atoms with Crippen molar-refractivity contribution < 1.29 is 21.9 Å². The summed E-state index contributed by atoms with van der Waals surface area (Å²) >= 11 is 0. The number of benzene rings is 1. The third kappa shape index (κ3) is 6.54. The molecular formula is C25H39N3O5S2. The van der Waals surface area contributed by atoms with Gasteiger partial charge in [0.2, 0.25) is 20.0 Å². The van der Waals surface area contributed by atoms with Crippen molar-refractivity contribution >= 4 is 20.0 Å². The van der Waals surface area contributed by atoms with Crippen LogP contribution in [0.25, 0.3) is 11.3 Å². The second-order valence-electron chi connectivity index (χ2n) is 11.3.